The van der Waals surface area contributed by atoms with Crippen molar-refractivity contribution in [1.29, 1.82) is 0 Å². The van der Waals surface area contributed by atoms with Crippen LogP contribution in [0.3, 0.4) is 0 Å². The third-order valence-corrected chi connectivity index (χ3v) is 13.8. The Kier molecular flexibility index (Phi) is 8.01. The first-order chi connectivity index (χ1) is 20.9. The minimum atomic E-state index is -2.13. The fourth-order valence-corrected chi connectivity index (χ4v) is 11.4. The summed E-state index contributed by atoms with van der Waals surface area (Å²) in [6.07, 6.45) is 8.28. The molecule has 0 aromatic carbocycles. The Bertz CT molecular complexity index is 1390. The summed E-state index contributed by atoms with van der Waals surface area (Å²) >= 11 is 17.4. The number of ketones is 1. The molecular weight excluding hydrogens is 641 g/mol. The number of hydrogen-bond acceptors (Lipinski definition) is 7. The summed E-state index contributed by atoms with van der Waals surface area (Å²) in [5, 5.41) is 2.69. The molecular formula is C34H44Cl3NO7. The quantitative estimate of drug-likeness (QED) is 0.260. The molecule has 0 radical (unpaired) electrons. The summed E-state index contributed by atoms with van der Waals surface area (Å²) in [5.74, 6) is -0.650. The van der Waals surface area contributed by atoms with Gasteiger partial charge in [0.15, 0.2) is 11.9 Å². The van der Waals surface area contributed by atoms with Gasteiger partial charge < -0.3 is 19.5 Å². The van der Waals surface area contributed by atoms with Crippen LogP contribution >= 0.6 is 34.8 Å². The summed E-state index contributed by atoms with van der Waals surface area (Å²) in [6, 6.07) is 0. The van der Waals surface area contributed by atoms with E-state index in [1.54, 1.807) is 0 Å². The number of fused-ring (bicyclic) bond motifs is 2. The van der Waals surface area contributed by atoms with E-state index in [0.29, 0.717) is 30.6 Å². The Labute approximate surface area is 280 Å². The van der Waals surface area contributed by atoms with Crippen molar-refractivity contribution in [2.24, 2.45) is 51.2 Å². The number of carbonyl (C=O) groups is 4. The fraction of sp³-hybridized carbons (Fsp3) is 0.765. The average molecular weight is 685 g/mol. The molecule has 5 aliphatic carbocycles. The highest BCUT2D eigenvalue weighted by molar-refractivity contribution is 6.76. The van der Waals surface area contributed by atoms with E-state index in [-0.39, 0.29) is 57.7 Å². The molecule has 0 aromatic rings. The first-order valence-electron chi connectivity index (χ1n) is 16.2. The molecule has 1 heterocycles. The highest BCUT2D eigenvalue weighted by Crippen LogP contribution is 2.87. The molecule has 11 atom stereocenters. The average Bonchev–Trinajstić information content (AvgIpc) is 3.37. The van der Waals surface area contributed by atoms with E-state index in [1.165, 1.54) is 13.8 Å². The maximum Gasteiger partial charge on any atom is 0.303 e. The molecule has 1 N–H and O–H groups in total. The molecule has 6 aliphatic rings. The molecule has 45 heavy (non-hydrogen) atoms. The van der Waals surface area contributed by atoms with Crippen LogP contribution in [0.4, 0.5) is 0 Å². The summed E-state index contributed by atoms with van der Waals surface area (Å²) in [6.45, 7) is 11.9. The number of esters is 2. The van der Waals surface area contributed by atoms with Crippen LogP contribution in [0, 0.1) is 51.2 Å². The van der Waals surface area contributed by atoms with E-state index in [1.807, 2.05) is 13.0 Å². The number of nitrogens with one attached hydrogen (secondary N) is 1. The number of alkyl halides is 3. The summed E-state index contributed by atoms with van der Waals surface area (Å²) in [4.78, 5) is 50.5. The summed E-state index contributed by atoms with van der Waals surface area (Å²) < 4.78 is 16.5. The lowest BCUT2D eigenvalue weighted by atomic mass is 9.43. The second-order valence-corrected chi connectivity index (χ2v) is 17.4. The molecule has 1 aliphatic heterocycles. The standard InChI is InChI=1S/C34H44Cl3NO7/c1-17-15-43-27(21(17)14-38-29(42)34(35,36)37)28(45-20(4)40)26-24(44-19(3)39)13-31(6)25-8-7-22-18(2)23(41)9-10-32(22)16-33(25,32)12-11-30(26,31)5/h9-10,17-18,22,24-26,28H,7-8,11-16H2,1-6H3,(H,38,42)/t17?,18-,22-,24-,25-,26?,28+,30+,31-,32+,33-/m0/s1. The van der Waals surface area contributed by atoms with Crippen LogP contribution in [0.25, 0.3) is 0 Å². The van der Waals surface area contributed by atoms with Gasteiger partial charge >= 0.3 is 11.9 Å². The molecule has 1 amide bonds. The van der Waals surface area contributed by atoms with Gasteiger partial charge in [-0.2, -0.15) is 0 Å². The third-order valence-electron chi connectivity index (χ3n) is 13.3. The second kappa shape index (κ2) is 10.9. The second-order valence-electron chi connectivity index (χ2n) is 15.2. The number of ether oxygens (including phenoxy) is 3. The maximum absolute atomic E-state index is 12.8. The van der Waals surface area contributed by atoms with Crippen LogP contribution in [0.2, 0.25) is 0 Å². The number of carbonyl (C=O) groups excluding carboxylic acids is 4. The van der Waals surface area contributed by atoms with Gasteiger partial charge in [-0.05, 0) is 83.7 Å². The van der Waals surface area contributed by atoms with Crippen molar-refractivity contribution in [2.45, 2.75) is 96.1 Å². The molecule has 2 spiro atoms. The molecule has 248 valence electrons. The largest absolute Gasteiger partial charge is 0.493 e. The number of hydrogen-bond donors (Lipinski definition) is 1. The molecule has 0 saturated heterocycles. The normalized spacial score (nSPS) is 43.7. The lowest BCUT2D eigenvalue weighted by Crippen LogP contribution is -2.56. The zero-order valence-electron chi connectivity index (χ0n) is 26.8. The molecule has 8 nitrogen and oxygen atoms in total. The molecule has 11 heteroatoms. The van der Waals surface area contributed by atoms with Gasteiger partial charge in [-0.3, -0.25) is 19.2 Å². The van der Waals surface area contributed by atoms with Crippen LogP contribution in [0.5, 0.6) is 0 Å². The van der Waals surface area contributed by atoms with Crippen LogP contribution in [-0.2, 0) is 33.4 Å². The Balaban J connectivity index is 1.41. The van der Waals surface area contributed by atoms with E-state index in [2.05, 4.69) is 32.2 Å². The number of rotatable bonds is 6. The third kappa shape index (κ3) is 4.81. The maximum atomic E-state index is 12.8. The molecule has 4 saturated carbocycles. The lowest BCUT2D eigenvalue weighted by Gasteiger charge is -2.60. The Morgan fingerprint density at radius 3 is 2.44 bits per heavy atom. The first kappa shape index (κ1) is 33.1. The van der Waals surface area contributed by atoms with E-state index < -0.39 is 27.9 Å². The van der Waals surface area contributed by atoms with Gasteiger partial charge in [0.25, 0.3) is 9.70 Å². The van der Waals surface area contributed by atoms with E-state index in [4.69, 9.17) is 49.0 Å². The Morgan fingerprint density at radius 1 is 1.09 bits per heavy atom. The van der Waals surface area contributed by atoms with Gasteiger partial charge in [0.05, 0.1) is 6.61 Å². The molecule has 6 rings (SSSR count). The van der Waals surface area contributed by atoms with Crippen molar-refractivity contribution < 1.29 is 33.4 Å². The van der Waals surface area contributed by atoms with Crippen molar-refractivity contribution >= 4 is 58.4 Å². The van der Waals surface area contributed by atoms with Gasteiger partial charge in [-0.25, -0.2) is 0 Å². The predicted octanol–water partition coefficient (Wildman–Crippen LogP) is 6.26. The van der Waals surface area contributed by atoms with Crippen molar-refractivity contribution in [2.75, 3.05) is 13.2 Å². The van der Waals surface area contributed by atoms with E-state index in [0.717, 1.165) is 37.7 Å². The van der Waals surface area contributed by atoms with Crippen LogP contribution in [0.1, 0.15) is 80.1 Å². The van der Waals surface area contributed by atoms with Gasteiger partial charge in [-0.15, -0.1) is 0 Å². The van der Waals surface area contributed by atoms with Crippen molar-refractivity contribution in [3.8, 4) is 0 Å². The topological polar surface area (TPSA) is 108 Å². The van der Waals surface area contributed by atoms with Crippen molar-refractivity contribution in [3.63, 3.8) is 0 Å². The van der Waals surface area contributed by atoms with Gasteiger partial charge in [-0.1, -0.05) is 68.6 Å². The van der Waals surface area contributed by atoms with Crippen molar-refractivity contribution in [1.82, 2.24) is 5.32 Å². The summed E-state index contributed by atoms with van der Waals surface area (Å²) in [7, 11) is 0. The SMILES string of the molecule is CC(=O)O[C@H]1C[C@@]2(C)[C@@H]3CC[C@H]4[C@H](C)C(=O)C=C[C@@]45C[C@@]35CC[C@]2(C)C1[C@@H](OC(C)=O)C1=C(CNC(=O)C(Cl)(Cl)Cl)C(C)CO1. The predicted molar refractivity (Wildman–Crippen MR) is 169 cm³/mol. The first-order valence-corrected chi connectivity index (χ1v) is 17.3. The van der Waals surface area contributed by atoms with Crippen LogP contribution in [0.15, 0.2) is 23.5 Å². The number of allylic oxidation sites excluding steroid dienone is 2. The minimum Gasteiger partial charge on any atom is -0.493 e. The molecule has 2 unspecified atom stereocenters. The zero-order valence-corrected chi connectivity index (χ0v) is 29.1. The van der Waals surface area contributed by atoms with Crippen LogP contribution < -0.4 is 5.32 Å². The smallest absolute Gasteiger partial charge is 0.303 e. The summed E-state index contributed by atoms with van der Waals surface area (Å²) in [5.41, 5.74) is 0.275. The zero-order chi connectivity index (χ0) is 32.9. The van der Waals surface area contributed by atoms with E-state index >= 15 is 0 Å². The monoisotopic (exact) mass is 683 g/mol. The highest BCUT2D eigenvalue weighted by Gasteiger charge is 2.82. The van der Waals surface area contributed by atoms with Gasteiger partial charge in [0.1, 0.15) is 11.9 Å². The highest BCUT2D eigenvalue weighted by atomic mass is 35.6. The Morgan fingerprint density at radius 2 is 1.80 bits per heavy atom. The van der Waals surface area contributed by atoms with Gasteiger partial charge in [0.2, 0.25) is 0 Å². The fourth-order valence-electron chi connectivity index (χ4n) is 11.2. The lowest BCUT2D eigenvalue weighted by molar-refractivity contribution is -0.168. The van der Waals surface area contributed by atoms with Crippen molar-refractivity contribution in [3.05, 3.63) is 23.5 Å². The Hall–Kier alpha value is -1.77. The van der Waals surface area contributed by atoms with E-state index in [9.17, 15) is 19.2 Å². The molecule has 0 bridgehead atoms. The number of halogens is 3. The number of amides is 1. The molecule has 4 fully saturated rings. The minimum absolute atomic E-state index is 0.0313. The molecule has 0 aromatic heterocycles. The van der Waals surface area contributed by atoms with Crippen LogP contribution in [-0.4, -0.2) is 52.8 Å². The van der Waals surface area contributed by atoms with Gasteiger partial charge in [0, 0.05) is 38.1 Å².